The smallest absolute Gasteiger partial charge is 0.250 e. The van der Waals surface area contributed by atoms with Crippen molar-refractivity contribution in [3.05, 3.63) is 27.8 Å². The van der Waals surface area contributed by atoms with Crippen LogP contribution < -0.4 is 5.32 Å². The van der Waals surface area contributed by atoms with Crippen molar-refractivity contribution in [2.24, 2.45) is 0 Å². The topological polar surface area (TPSA) is 47.6 Å². The van der Waals surface area contributed by atoms with Crippen LogP contribution in [0.5, 0.6) is 0 Å². The van der Waals surface area contributed by atoms with E-state index in [0.29, 0.717) is 13.2 Å². The van der Waals surface area contributed by atoms with Crippen molar-refractivity contribution in [2.45, 2.75) is 0 Å². The Kier molecular flexibility index (Phi) is 6.36. The summed E-state index contributed by atoms with van der Waals surface area (Å²) in [6.07, 6.45) is 0. The third-order valence-electron chi connectivity index (χ3n) is 1.79. The van der Waals surface area contributed by atoms with E-state index in [1.165, 1.54) is 0 Å². The number of halogens is 1. The molecule has 4 nitrogen and oxygen atoms in total. The van der Waals surface area contributed by atoms with Gasteiger partial charge in [-0.05, 0) is 46.9 Å². The van der Waals surface area contributed by atoms with Crippen molar-refractivity contribution in [1.82, 2.24) is 0 Å². The third-order valence-corrected chi connectivity index (χ3v) is 2.51. The molecule has 0 aromatic heterocycles. The molecule has 0 saturated carbocycles. The van der Waals surface area contributed by atoms with Gasteiger partial charge in [-0.3, -0.25) is 4.79 Å². The average molecular weight is 335 g/mol. The first-order valence-corrected chi connectivity index (χ1v) is 5.92. The van der Waals surface area contributed by atoms with Gasteiger partial charge in [-0.15, -0.1) is 0 Å². The Balaban J connectivity index is 2.26. The van der Waals surface area contributed by atoms with E-state index in [1.54, 1.807) is 7.11 Å². The van der Waals surface area contributed by atoms with Crippen molar-refractivity contribution in [3.8, 4) is 0 Å². The van der Waals surface area contributed by atoms with Crippen LogP contribution in [0.25, 0.3) is 0 Å². The molecule has 1 N–H and O–H groups in total. The maximum Gasteiger partial charge on any atom is 0.250 e. The van der Waals surface area contributed by atoms with Crippen LogP contribution in [-0.4, -0.2) is 32.8 Å². The molecule has 1 aromatic rings. The van der Waals surface area contributed by atoms with E-state index in [1.807, 2.05) is 24.3 Å². The summed E-state index contributed by atoms with van der Waals surface area (Å²) in [7, 11) is 1.59. The molecule has 16 heavy (non-hydrogen) atoms. The number of carbonyl (C=O) groups excluding carboxylic acids is 1. The average Bonchev–Trinajstić information content (AvgIpc) is 2.28. The molecule has 1 amide bonds. The molecule has 0 saturated heterocycles. The number of anilines is 1. The molecule has 0 aliphatic heterocycles. The van der Waals surface area contributed by atoms with Crippen LogP contribution >= 0.6 is 22.6 Å². The van der Waals surface area contributed by atoms with Crippen LogP contribution in [0.3, 0.4) is 0 Å². The Hall–Kier alpha value is -0.660. The largest absolute Gasteiger partial charge is 0.382 e. The van der Waals surface area contributed by atoms with Gasteiger partial charge < -0.3 is 14.8 Å². The van der Waals surface area contributed by atoms with Crippen LogP contribution in [0.2, 0.25) is 0 Å². The van der Waals surface area contributed by atoms with E-state index in [-0.39, 0.29) is 12.5 Å². The number of carbonyl (C=O) groups is 1. The molecule has 0 unspecified atom stereocenters. The van der Waals surface area contributed by atoms with Gasteiger partial charge >= 0.3 is 0 Å². The van der Waals surface area contributed by atoms with Crippen LogP contribution in [0.1, 0.15) is 0 Å². The van der Waals surface area contributed by atoms with Crippen molar-refractivity contribution >= 4 is 34.2 Å². The molecule has 1 rings (SSSR count). The lowest BCUT2D eigenvalue weighted by Gasteiger charge is -2.05. The van der Waals surface area contributed by atoms with E-state index < -0.39 is 0 Å². The predicted molar refractivity (Wildman–Crippen MR) is 70.5 cm³/mol. The molecule has 88 valence electrons. The normalized spacial score (nSPS) is 10.1. The fourth-order valence-corrected chi connectivity index (χ4v) is 1.40. The molecular weight excluding hydrogens is 321 g/mol. The van der Waals surface area contributed by atoms with E-state index >= 15 is 0 Å². The summed E-state index contributed by atoms with van der Waals surface area (Å²) in [5.41, 5.74) is 0.778. The SMILES string of the molecule is COCCOCC(=O)Nc1ccc(I)cc1. The zero-order valence-corrected chi connectivity index (χ0v) is 11.2. The number of methoxy groups -OCH3 is 1. The Morgan fingerprint density at radius 1 is 1.31 bits per heavy atom. The lowest BCUT2D eigenvalue weighted by Crippen LogP contribution is -2.19. The first kappa shape index (κ1) is 13.4. The van der Waals surface area contributed by atoms with Crippen molar-refractivity contribution < 1.29 is 14.3 Å². The quantitative estimate of drug-likeness (QED) is 0.638. The summed E-state index contributed by atoms with van der Waals surface area (Å²) >= 11 is 2.21. The molecule has 0 heterocycles. The Bertz CT molecular complexity index is 327. The maximum absolute atomic E-state index is 11.4. The van der Waals surface area contributed by atoms with E-state index in [4.69, 9.17) is 9.47 Å². The number of hydrogen-bond acceptors (Lipinski definition) is 3. The highest BCUT2D eigenvalue weighted by Gasteiger charge is 2.01. The first-order valence-electron chi connectivity index (χ1n) is 4.84. The Morgan fingerprint density at radius 2 is 2.00 bits per heavy atom. The second kappa shape index (κ2) is 7.59. The van der Waals surface area contributed by atoms with Crippen LogP contribution in [0, 0.1) is 3.57 Å². The van der Waals surface area contributed by atoms with E-state index in [2.05, 4.69) is 27.9 Å². The van der Waals surface area contributed by atoms with Gasteiger partial charge in [0.15, 0.2) is 0 Å². The minimum absolute atomic E-state index is 0.0509. The summed E-state index contributed by atoms with van der Waals surface area (Å²) in [6, 6.07) is 7.58. The van der Waals surface area contributed by atoms with Gasteiger partial charge in [-0.25, -0.2) is 0 Å². The monoisotopic (exact) mass is 335 g/mol. The van der Waals surface area contributed by atoms with Gasteiger partial charge in [-0.2, -0.15) is 0 Å². The van der Waals surface area contributed by atoms with E-state index in [0.717, 1.165) is 9.26 Å². The standard InChI is InChI=1S/C11H14INO3/c1-15-6-7-16-8-11(14)13-10-4-2-9(12)3-5-10/h2-5H,6-8H2,1H3,(H,13,14). The molecule has 0 atom stereocenters. The van der Waals surface area contributed by atoms with Gasteiger partial charge in [0.1, 0.15) is 6.61 Å². The maximum atomic E-state index is 11.4. The van der Waals surface area contributed by atoms with E-state index in [9.17, 15) is 4.79 Å². The molecule has 5 heteroatoms. The number of rotatable bonds is 6. The summed E-state index contributed by atoms with van der Waals surface area (Å²) in [6.45, 7) is 0.975. The predicted octanol–water partition coefficient (Wildman–Crippen LogP) is 1.89. The van der Waals surface area contributed by atoms with Crippen LogP contribution in [-0.2, 0) is 14.3 Å². The molecule has 1 aromatic carbocycles. The third kappa shape index (κ3) is 5.43. The number of benzene rings is 1. The van der Waals surface area contributed by atoms with Crippen LogP contribution in [0.4, 0.5) is 5.69 Å². The first-order chi connectivity index (χ1) is 7.72. The lowest BCUT2D eigenvalue weighted by molar-refractivity contribution is -0.121. The van der Waals surface area contributed by atoms with Gasteiger partial charge in [0.25, 0.3) is 0 Å². The zero-order valence-electron chi connectivity index (χ0n) is 9.03. The molecule has 0 fully saturated rings. The van der Waals surface area contributed by atoms with Crippen molar-refractivity contribution in [3.63, 3.8) is 0 Å². The second-order valence-electron chi connectivity index (χ2n) is 3.10. The highest BCUT2D eigenvalue weighted by atomic mass is 127. The molecular formula is C11H14INO3. The minimum Gasteiger partial charge on any atom is -0.382 e. The summed E-state index contributed by atoms with van der Waals surface area (Å²) in [5.74, 6) is -0.155. The summed E-state index contributed by atoms with van der Waals surface area (Å²) in [4.78, 5) is 11.4. The van der Waals surface area contributed by atoms with Gasteiger partial charge in [0.2, 0.25) is 5.91 Å². The van der Waals surface area contributed by atoms with Gasteiger partial charge in [-0.1, -0.05) is 0 Å². The molecule has 0 bridgehead atoms. The fraction of sp³-hybridized carbons (Fsp3) is 0.364. The Labute approximate surface area is 108 Å². The van der Waals surface area contributed by atoms with Crippen LogP contribution in [0.15, 0.2) is 24.3 Å². The fourth-order valence-electron chi connectivity index (χ4n) is 1.04. The number of amides is 1. The summed E-state index contributed by atoms with van der Waals surface area (Å²) < 4.78 is 11.0. The van der Waals surface area contributed by atoms with Crippen molar-refractivity contribution in [2.75, 3.05) is 32.2 Å². The highest BCUT2D eigenvalue weighted by Crippen LogP contribution is 2.10. The van der Waals surface area contributed by atoms with Crippen molar-refractivity contribution in [1.29, 1.82) is 0 Å². The molecule has 0 aliphatic rings. The number of hydrogen-bond donors (Lipinski definition) is 1. The van der Waals surface area contributed by atoms with Gasteiger partial charge in [0.05, 0.1) is 13.2 Å². The zero-order chi connectivity index (χ0) is 11.8. The number of nitrogens with one attached hydrogen (secondary N) is 1. The lowest BCUT2D eigenvalue weighted by atomic mass is 10.3. The molecule has 0 aliphatic carbocycles. The summed E-state index contributed by atoms with van der Waals surface area (Å²) in [5, 5.41) is 2.74. The number of ether oxygens (including phenoxy) is 2. The highest BCUT2D eigenvalue weighted by molar-refractivity contribution is 14.1. The molecule has 0 radical (unpaired) electrons. The second-order valence-corrected chi connectivity index (χ2v) is 4.35. The minimum atomic E-state index is -0.155. The van der Waals surface area contributed by atoms with Gasteiger partial charge in [0, 0.05) is 16.4 Å². The molecule has 0 spiro atoms. The Morgan fingerprint density at radius 3 is 2.62 bits per heavy atom.